The van der Waals surface area contributed by atoms with Crippen LogP contribution in [-0.2, 0) is 22.6 Å². The number of fused-ring (bicyclic) bond motifs is 1. The zero-order chi connectivity index (χ0) is 14.0. The van der Waals surface area contributed by atoms with Gasteiger partial charge in [-0.1, -0.05) is 24.3 Å². The zero-order valence-corrected chi connectivity index (χ0v) is 11.2. The summed E-state index contributed by atoms with van der Waals surface area (Å²) in [5, 5.41) is 9.32. The minimum Gasteiger partial charge on any atom is -0.480 e. The monoisotopic (exact) mass is 262 g/mol. The molecule has 1 aromatic carbocycles. The minimum absolute atomic E-state index is 0.0781. The number of carbonyl (C=O) groups excluding carboxylic acids is 1. The summed E-state index contributed by atoms with van der Waals surface area (Å²) in [6, 6.07) is 7.17. The fraction of sp³-hybridized carbons (Fsp3) is 0.429. The highest BCUT2D eigenvalue weighted by Crippen LogP contribution is 2.23. The molecule has 102 valence electrons. The van der Waals surface area contributed by atoms with Gasteiger partial charge in [0.25, 0.3) is 0 Å². The van der Waals surface area contributed by atoms with Crippen LogP contribution in [0.5, 0.6) is 0 Å². The lowest BCUT2D eigenvalue weighted by Gasteiger charge is -2.34. The van der Waals surface area contributed by atoms with Gasteiger partial charge in [0.05, 0.1) is 6.54 Å². The Morgan fingerprint density at radius 3 is 2.53 bits per heavy atom. The van der Waals surface area contributed by atoms with Crippen LogP contribution in [0.25, 0.3) is 0 Å². The molecule has 0 fully saturated rings. The number of hydrogen-bond donors (Lipinski definition) is 1. The molecule has 5 heteroatoms. The second kappa shape index (κ2) is 5.40. The van der Waals surface area contributed by atoms with Crippen molar-refractivity contribution in [2.45, 2.75) is 19.0 Å². The molecule has 1 atom stereocenters. The van der Waals surface area contributed by atoms with Crippen LogP contribution in [-0.4, -0.2) is 53.5 Å². The van der Waals surface area contributed by atoms with Crippen molar-refractivity contribution in [2.24, 2.45) is 0 Å². The van der Waals surface area contributed by atoms with E-state index in [4.69, 9.17) is 0 Å². The van der Waals surface area contributed by atoms with Gasteiger partial charge in [-0.2, -0.15) is 0 Å². The average Bonchev–Trinajstić information content (AvgIpc) is 2.37. The molecule has 0 saturated heterocycles. The summed E-state index contributed by atoms with van der Waals surface area (Å²) in [7, 11) is 3.35. The Balaban J connectivity index is 2.22. The third-order valence-electron chi connectivity index (χ3n) is 3.47. The summed E-state index contributed by atoms with van der Waals surface area (Å²) in [5.74, 6) is -0.952. The van der Waals surface area contributed by atoms with Crippen molar-refractivity contribution in [1.82, 2.24) is 9.80 Å². The normalized spacial score (nSPS) is 18.7. The molecule has 1 unspecified atom stereocenters. The first-order valence-electron chi connectivity index (χ1n) is 6.23. The molecule has 0 spiro atoms. The van der Waals surface area contributed by atoms with Crippen molar-refractivity contribution >= 4 is 11.9 Å². The molecule has 19 heavy (non-hydrogen) atoms. The maximum Gasteiger partial charge on any atom is 0.321 e. The predicted octanol–water partition coefficient (Wildman–Crippen LogP) is 0.586. The van der Waals surface area contributed by atoms with Crippen LogP contribution >= 0.6 is 0 Å². The number of amides is 1. The van der Waals surface area contributed by atoms with E-state index >= 15 is 0 Å². The van der Waals surface area contributed by atoms with Gasteiger partial charge in [-0.3, -0.25) is 14.5 Å². The Kier molecular flexibility index (Phi) is 3.85. The van der Waals surface area contributed by atoms with Gasteiger partial charge in [0.15, 0.2) is 0 Å². The molecule has 0 radical (unpaired) electrons. The number of aliphatic carboxylic acids is 1. The van der Waals surface area contributed by atoms with Gasteiger partial charge in [0.1, 0.15) is 6.04 Å². The lowest BCUT2D eigenvalue weighted by Crippen LogP contribution is -2.49. The summed E-state index contributed by atoms with van der Waals surface area (Å²) in [6.45, 7) is 0.644. The first kappa shape index (κ1) is 13.5. The van der Waals surface area contributed by atoms with E-state index in [-0.39, 0.29) is 12.5 Å². The van der Waals surface area contributed by atoms with Crippen molar-refractivity contribution in [2.75, 3.05) is 20.6 Å². The Morgan fingerprint density at radius 1 is 1.32 bits per heavy atom. The fourth-order valence-corrected chi connectivity index (χ4v) is 2.30. The molecule has 0 bridgehead atoms. The smallest absolute Gasteiger partial charge is 0.321 e. The number of carboxylic acids is 1. The molecule has 1 aliphatic heterocycles. The first-order chi connectivity index (χ1) is 8.99. The Morgan fingerprint density at radius 2 is 1.95 bits per heavy atom. The van der Waals surface area contributed by atoms with E-state index in [0.29, 0.717) is 13.0 Å². The van der Waals surface area contributed by atoms with E-state index in [0.717, 1.165) is 11.1 Å². The molecule has 1 aromatic rings. The second-order valence-electron chi connectivity index (χ2n) is 5.02. The van der Waals surface area contributed by atoms with Crippen LogP contribution in [0.15, 0.2) is 24.3 Å². The van der Waals surface area contributed by atoms with E-state index in [9.17, 15) is 14.7 Å². The lowest BCUT2D eigenvalue weighted by molar-refractivity contribution is -0.145. The van der Waals surface area contributed by atoms with Gasteiger partial charge >= 0.3 is 5.97 Å². The van der Waals surface area contributed by atoms with Gasteiger partial charge in [-0.15, -0.1) is 0 Å². The lowest BCUT2D eigenvalue weighted by atomic mass is 9.94. The summed E-state index contributed by atoms with van der Waals surface area (Å²) >= 11 is 0. The quantitative estimate of drug-likeness (QED) is 0.866. The van der Waals surface area contributed by atoms with Crippen LogP contribution in [0.3, 0.4) is 0 Å². The minimum atomic E-state index is -0.874. The third-order valence-corrected chi connectivity index (χ3v) is 3.47. The van der Waals surface area contributed by atoms with E-state index in [2.05, 4.69) is 0 Å². The van der Waals surface area contributed by atoms with Crippen LogP contribution < -0.4 is 0 Å². The number of benzene rings is 1. The highest BCUT2D eigenvalue weighted by atomic mass is 16.4. The molecule has 0 aliphatic carbocycles. The summed E-state index contributed by atoms with van der Waals surface area (Å²) in [4.78, 5) is 26.4. The van der Waals surface area contributed by atoms with Gasteiger partial charge < -0.3 is 10.0 Å². The number of carboxylic acid groups (broad SMARTS) is 1. The Labute approximate surface area is 112 Å². The highest BCUT2D eigenvalue weighted by Gasteiger charge is 2.32. The summed E-state index contributed by atoms with van der Waals surface area (Å²) < 4.78 is 0. The SMILES string of the molecule is CN(C)C(=O)CN1Cc2ccccc2CC1C(=O)O. The van der Waals surface area contributed by atoms with Crippen molar-refractivity contribution < 1.29 is 14.7 Å². The molecule has 5 nitrogen and oxygen atoms in total. The summed E-state index contributed by atoms with van der Waals surface area (Å²) in [5.41, 5.74) is 2.16. The van der Waals surface area contributed by atoms with Crippen LogP contribution in [0.2, 0.25) is 0 Å². The molecular formula is C14H18N2O3. The first-order valence-corrected chi connectivity index (χ1v) is 6.23. The van der Waals surface area contributed by atoms with E-state index < -0.39 is 12.0 Å². The standard InChI is InChI=1S/C14H18N2O3/c1-15(2)13(17)9-16-8-11-6-4-3-5-10(11)7-12(16)14(18)19/h3-6,12H,7-9H2,1-2H3,(H,18,19). The van der Waals surface area contributed by atoms with Crippen molar-refractivity contribution in [1.29, 1.82) is 0 Å². The molecule has 1 amide bonds. The number of nitrogens with zero attached hydrogens (tertiary/aromatic N) is 2. The molecule has 0 aromatic heterocycles. The molecule has 1 aliphatic rings. The number of likely N-dealkylation sites (N-methyl/N-ethyl adjacent to an activating group) is 1. The van der Waals surface area contributed by atoms with E-state index in [1.54, 1.807) is 19.0 Å². The van der Waals surface area contributed by atoms with E-state index in [1.807, 2.05) is 24.3 Å². The topological polar surface area (TPSA) is 60.9 Å². The molecule has 1 N–H and O–H groups in total. The van der Waals surface area contributed by atoms with Gasteiger partial charge in [-0.25, -0.2) is 0 Å². The van der Waals surface area contributed by atoms with Crippen LogP contribution in [0.4, 0.5) is 0 Å². The largest absolute Gasteiger partial charge is 0.480 e. The van der Waals surface area contributed by atoms with Crippen molar-refractivity contribution in [3.05, 3.63) is 35.4 Å². The zero-order valence-electron chi connectivity index (χ0n) is 11.2. The Bertz CT molecular complexity index is 499. The molecule has 1 heterocycles. The Hall–Kier alpha value is -1.88. The highest BCUT2D eigenvalue weighted by molar-refractivity contribution is 5.80. The van der Waals surface area contributed by atoms with Crippen LogP contribution in [0, 0.1) is 0 Å². The maximum atomic E-state index is 11.8. The van der Waals surface area contributed by atoms with Crippen molar-refractivity contribution in [3.8, 4) is 0 Å². The number of carbonyl (C=O) groups is 2. The maximum absolute atomic E-state index is 11.8. The predicted molar refractivity (Wildman–Crippen MR) is 70.7 cm³/mol. The fourth-order valence-electron chi connectivity index (χ4n) is 2.30. The molecule has 0 saturated carbocycles. The van der Waals surface area contributed by atoms with E-state index in [1.165, 1.54) is 4.90 Å². The number of rotatable bonds is 3. The van der Waals surface area contributed by atoms with Crippen LogP contribution in [0.1, 0.15) is 11.1 Å². The third kappa shape index (κ3) is 2.93. The molecule has 2 rings (SSSR count). The second-order valence-corrected chi connectivity index (χ2v) is 5.02. The van der Waals surface area contributed by atoms with Gasteiger partial charge in [0, 0.05) is 20.6 Å². The van der Waals surface area contributed by atoms with Crippen molar-refractivity contribution in [3.63, 3.8) is 0 Å². The van der Waals surface area contributed by atoms with Gasteiger partial charge in [0.2, 0.25) is 5.91 Å². The molecular weight excluding hydrogens is 244 g/mol. The summed E-state index contributed by atoms with van der Waals surface area (Å²) in [6.07, 6.45) is 0.451. The average molecular weight is 262 g/mol. The van der Waals surface area contributed by atoms with Gasteiger partial charge in [-0.05, 0) is 17.5 Å². The number of hydrogen-bond acceptors (Lipinski definition) is 3.